The molecule has 0 bridgehead atoms. The molecular weight excluding hydrogens is 488 g/mol. The average molecular weight is 517 g/mol. The van der Waals surface area contributed by atoms with E-state index in [-0.39, 0.29) is 11.8 Å². The van der Waals surface area contributed by atoms with E-state index in [1.807, 2.05) is 47.4 Å². The first-order valence-corrected chi connectivity index (χ1v) is 13.6. The van der Waals surface area contributed by atoms with Gasteiger partial charge >= 0.3 is 10.4 Å². The SMILES string of the molecule is Cc1ccc2c(c1)CCc1ccc(OS(=O)(=O)O)nc1C2=C1CCN(C(=O)C=Cc2ccccc2)CC1. The number of pyridine rings is 1. The van der Waals surface area contributed by atoms with Crippen molar-refractivity contribution in [2.75, 3.05) is 13.1 Å². The fourth-order valence-electron chi connectivity index (χ4n) is 5.05. The van der Waals surface area contributed by atoms with Crippen LogP contribution in [-0.4, -0.2) is 41.9 Å². The van der Waals surface area contributed by atoms with E-state index < -0.39 is 10.4 Å². The van der Waals surface area contributed by atoms with Crippen LogP contribution in [0.1, 0.15) is 46.4 Å². The molecule has 2 heterocycles. The maximum Gasteiger partial charge on any atom is 0.447 e. The largest absolute Gasteiger partial charge is 0.447 e. The molecule has 1 N–H and O–H groups in total. The first kappa shape index (κ1) is 24.9. The van der Waals surface area contributed by atoms with E-state index in [4.69, 9.17) is 4.18 Å². The Morgan fingerprint density at radius 2 is 1.70 bits per heavy atom. The number of amides is 1. The molecule has 7 nitrogen and oxygen atoms in total. The van der Waals surface area contributed by atoms with Crippen molar-refractivity contribution in [3.8, 4) is 5.88 Å². The van der Waals surface area contributed by atoms with Gasteiger partial charge in [0.05, 0.1) is 5.69 Å². The summed E-state index contributed by atoms with van der Waals surface area (Å²) in [6, 6.07) is 19.4. The normalized spacial score (nSPS) is 15.8. The van der Waals surface area contributed by atoms with E-state index in [0.717, 1.165) is 35.1 Å². The third kappa shape index (κ3) is 5.81. The molecule has 0 atom stereocenters. The number of benzene rings is 2. The number of aryl methyl sites for hydroxylation is 3. The molecule has 1 aliphatic heterocycles. The number of likely N-dealkylation sites (tertiary alicyclic amines) is 1. The van der Waals surface area contributed by atoms with Crippen LogP contribution in [0.25, 0.3) is 11.6 Å². The van der Waals surface area contributed by atoms with E-state index in [1.54, 1.807) is 6.08 Å². The first-order valence-electron chi connectivity index (χ1n) is 12.3. The Bertz CT molecular complexity index is 1500. The predicted molar refractivity (Wildman–Crippen MR) is 142 cm³/mol. The summed E-state index contributed by atoms with van der Waals surface area (Å²) < 4.78 is 36.6. The molecule has 8 heteroatoms. The Kier molecular flexibility index (Phi) is 6.95. The zero-order chi connectivity index (χ0) is 26.0. The Hall–Kier alpha value is -3.75. The van der Waals surface area contributed by atoms with Gasteiger partial charge in [-0.3, -0.25) is 9.35 Å². The van der Waals surface area contributed by atoms with Crippen molar-refractivity contribution in [3.63, 3.8) is 0 Å². The lowest BCUT2D eigenvalue weighted by atomic mass is 9.88. The number of rotatable bonds is 4. The molecule has 3 aromatic rings. The molecule has 0 spiro atoms. The van der Waals surface area contributed by atoms with Crippen LogP contribution in [0.15, 0.2) is 72.3 Å². The third-order valence-corrected chi connectivity index (χ3v) is 7.21. The minimum absolute atomic E-state index is 0.0211. The molecule has 5 rings (SSSR count). The fourth-order valence-corrected chi connectivity index (χ4v) is 5.36. The Balaban J connectivity index is 1.48. The average Bonchev–Trinajstić information content (AvgIpc) is 3.03. The molecule has 0 saturated carbocycles. The fraction of sp³-hybridized carbons (Fsp3) is 0.241. The van der Waals surface area contributed by atoms with Gasteiger partial charge in [0.2, 0.25) is 11.8 Å². The van der Waals surface area contributed by atoms with Gasteiger partial charge in [0.25, 0.3) is 0 Å². The summed E-state index contributed by atoms with van der Waals surface area (Å²) in [5.74, 6) is -0.194. The zero-order valence-electron chi connectivity index (χ0n) is 20.6. The third-order valence-electron chi connectivity index (χ3n) is 6.82. The number of aromatic nitrogens is 1. The highest BCUT2D eigenvalue weighted by Gasteiger charge is 2.27. The topological polar surface area (TPSA) is 96.8 Å². The Morgan fingerprint density at radius 1 is 0.973 bits per heavy atom. The molecule has 1 aromatic heterocycles. The number of fused-ring (bicyclic) bond motifs is 2. The number of hydrogen-bond donors (Lipinski definition) is 1. The van der Waals surface area contributed by atoms with Crippen LogP contribution in [0.2, 0.25) is 0 Å². The van der Waals surface area contributed by atoms with Gasteiger partial charge in [-0.25, -0.2) is 4.98 Å². The van der Waals surface area contributed by atoms with Crippen molar-refractivity contribution in [2.24, 2.45) is 0 Å². The number of nitrogens with zero attached hydrogens (tertiary/aromatic N) is 2. The lowest BCUT2D eigenvalue weighted by Gasteiger charge is -2.29. The van der Waals surface area contributed by atoms with Crippen molar-refractivity contribution >= 4 is 28.0 Å². The molecule has 2 aromatic carbocycles. The van der Waals surface area contributed by atoms with Crippen molar-refractivity contribution in [2.45, 2.75) is 32.6 Å². The summed E-state index contributed by atoms with van der Waals surface area (Å²) >= 11 is 0. The van der Waals surface area contributed by atoms with E-state index >= 15 is 0 Å². The maximum absolute atomic E-state index is 12.8. The first-order chi connectivity index (χ1) is 17.8. The monoisotopic (exact) mass is 516 g/mol. The van der Waals surface area contributed by atoms with Gasteiger partial charge in [-0.05, 0) is 60.9 Å². The van der Waals surface area contributed by atoms with E-state index in [9.17, 15) is 17.8 Å². The van der Waals surface area contributed by atoms with Gasteiger partial charge in [-0.1, -0.05) is 65.7 Å². The van der Waals surface area contributed by atoms with Crippen LogP contribution >= 0.6 is 0 Å². The maximum atomic E-state index is 12.8. The van der Waals surface area contributed by atoms with Crippen LogP contribution in [0.3, 0.4) is 0 Å². The molecule has 37 heavy (non-hydrogen) atoms. The summed E-state index contributed by atoms with van der Waals surface area (Å²) in [5.41, 5.74) is 8.22. The van der Waals surface area contributed by atoms with E-state index in [2.05, 4.69) is 30.1 Å². The van der Waals surface area contributed by atoms with Crippen molar-refractivity contribution in [1.82, 2.24) is 9.88 Å². The van der Waals surface area contributed by atoms with E-state index in [0.29, 0.717) is 31.6 Å². The molecule has 0 unspecified atom stereocenters. The van der Waals surface area contributed by atoms with Crippen LogP contribution in [-0.2, 0) is 28.0 Å². The quantitative estimate of drug-likeness (QED) is 0.395. The molecule has 190 valence electrons. The smallest absolute Gasteiger partial charge is 0.341 e. The second kappa shape index (κ2) is 10.3. The lowest BCUT2D eigenvalue weighted by molar-refractivity contribution is -0.126. The lowest BCUT2D eigenvalue weighted by Crippen LogP contribution is -2.35. The van der Waals surface area contributed by atoms with Gasteiger partial charge in [0.1, 0.15) is 0 Å². The molecule has 1 saturated heterocycles. The molecule has 0 radical (unpaired) electrons. The molecule has 1 aliphatic carbocycles. The van der Waals surface area contributed by atoms with E-state index in [1.165, 1.54) is 22.8 Å². The highest BCUT2D eigenvalue weighted by molar-refractivity contribution is 7.81. The van der Waals surface area contributed by atoms with Crippen LogP contribution in [0.5, 0.6) is 5.88 Å². The number of carbonyl (C=O) groups is 1. The minimum atomic E-state index is -4.69. The van der Waals surface area contributed by atoms with Gasteiger partial charge in [0, 0.05) is 30.8 Å². The standard InChI is InChI=1S/C29H28N2O5S/c1-20-7-12-25-24(19-20)10-9-23-11-13-26(36-37(33,34)35)30-29(23)28(25)22-15-17-31(18-16-22)27(32)14-8-21-5-3-2-4-6-21/h2-8,11-14,19H,9-10,15-18H2,1H3,(H,33,34,35). The molecule has 1 fully saturated rings. The highest BCUT2D eigenvalue weighted by Crippen LogP contribution is 2.39. The van der Waals surface area contributed by atoms with Gasteiger partial charge in [-0.15, -0.1) is 0 Å². The minimum Gasteiger partial charge on any atom is -0.341 e. The molecular formula is C29H28N2O5S. The van der Waals surface area contributed by atoms with Crippen LogP contribution < -0.4 is 4.18 Å². The highest BCUT2D eigenvalue weighted by atomic mass is 32.3. The summed E-state index contributed by atoms with van der Waals surface area (Å²) in [4.78, 5) is 19.2. The zero-order valence-corrected chi connectivity index (χ0v) is 21.4. The molecule has 2 aliphatic rings. The van der Waals surface area contributed by atoms with Gasteiger partial charge in [0.15, 0.2) is 0 Å². The summed E-state index contributed by atoms with van der Waals surface area (Å²) in [5, 5.41) is 0. The molecule has 1 amide bonds. The summed E-state index contributed by atoms with van der Waals surface area (Å²) in [6.07, 6.45) is 6.38. The Morgan fingerprint density at radius 3 is 2.43 bits per heavy atom. The van der Waals surface area contributed by atoms with Crippen LogP contribution in [0, 0.1) is 6.92 Å². The summed E-state index contributed by atoms with van der Waals surface area (Å²) in [7, 11) is -4.69. The van der Waals surface area contributed by atoms with Crippen molar-refractivity contribution in [1.29, 1.82) is 0 Å². The summed E-state index contributed by atoms with van der Waals surface area (Å²) in [6.45, 7) is 3.22. The second-order valence-corrected chi connectivity index (χ2v) is 10.4. The Labute approximate surface area is 217 Å². The van der Waals surface area contributed by atoms with Crippen LogP contribution in [0.4, 0.5) is 0 Å². The van der Waals surface area contributed by atoms with Gasteiger partial charge in [-0.2, -0.15) is 8.42 Å². The van der Waals surface area contributed by atoms with Crippen molar-refractivity contribution < 1.29 is 21.9 Å². The number of carbonyl (C=O) groups excluding carboxylic acids is 1. The number of piperidine rings is 1. The van der Waals surface area contributed by atoms with Gasteiger partial charge < -0.3 is 9.08 Å². The van der Waals surface area contributed by atoms with Crippen molar-refractivity contribution in [3.05, 3.63) is 106 Å². The number of hydrogen-bond acceptors (Lipinski definition) is 5. The second-order valence-electron chi connectivity index (χ2n) is 9.38. The predicted octanol–water partition coefficient (Wildman–Crippen LogP) is 4.81.